The van der Waals surface area contributed by atoms with Crippen LogP contribution in [0.2, 0.25) is 0 Å². The molecule has 2 aliphatic rings. The van der Waals surface area contributed by atoms with E-state index in [1.54, 1.807) is 19.9 Å². The summed E-state index contributed by atoms with van der Waals surface area (Å²) in [5.74, 6) is -0.947. The summed E-state index contributed by atoms with van der Waals surface area (Å²) in [7, 11) is 0. The van der Waals surface area contributed by atoms with Crippen LogP contribution in [0.1, 0.15) is 13.8 Å². The maximum absolute atomic E-state index is 9.22. The molecule has 8 heteroatoms. The molecule has 0 aromatic rings. The topological polar surface area (TPSA) is 122 Å². The number of hydrazone groups is 1. The Hall–Kier alpha value is -1.40. The summed E-state index contributed by atoms with van der Waals surface area (Å²) in [6, 6.07) is 1.68. The maximum Gasteiger partial charge on any atom is 0.221 e. The number of rotatable bonds is 3. The smallest absolute Gasteiger partial charge is 0.221 e. The van der Waals surface area contributed by atoms with Crippen LogP contribution in [0.4, 0.5) is 0 Å². The molecule has 0 aliphatic carbocycles. The summed E-state index contributed by atoms with van der Waals surface area (Å²) >= 11 is 0. The lowest BCUT2D eigenvalue weighted by Crippen LogP contribution is -2.39. The maximum atomic E-state index is 9.22. The van der Waals surface area contributed by atoms with Crippen molar-refractivity contribution in [3.63, 3.8) is 0 Å². The molecule has 2 rings (SSSR count). The molecule has 2 saturated heterocycles. The van der Waals surface area contributed by atoms with E-state index in [2.05, 4.69) is 10.5 Å². The third kappa shape index (κ3) is 2.39. The molecular weight excluding hydrogens is 240 g/mol. The molecule has 0 spiro atoms. The van der Waals surface area contributed by atoms with Crippen LogP contribution in [0.3, 0.4) is 0 Å². The third-order valence-corrected chi connectivity index (χ3v) is 2.76. The molecule has 1 unspecified atom stereocenters. The first-order valence-corrected chi connectivity index (χ1v) is 5.57. The van der Waals surface area contributed by atoms with Crippen LogP contribution in [0.15, 0.2) is 5.10 Å². The first kappa shape index (κ1) is 13.0. The van der Waals surface area contributed by atoms with E-state index in [1.165, 1.54) is 0 Å². The molecule has 2 aliphatic heterocycles. The number of nitrogens with two attached hydrogens (primary N) is 1. The number of nitrogens with one attached hydrogen (secondary N) is 1. The normalized spacial score (nSPS) is 38.2. The van der Waals surface area contributed by atoms with Crippen LogP contribution >= 0.6 is 0 Å². The highest BCUT2D eigenvalue weighted by Crippen LogP contribution is 2.37. The Morgan fingerprint density at radius 1 is 1.50 bits per heavy atom. The Balaban J connectivity index is 2.07. The molecule has 18 heavy (non-hydrogen) atoms. The number of ether oxygens (including phenoxy) is 3. The van der Waals surface area contributed by atoms with Gasteiger partial charge in [0, 0.05) is 0 Å². The van der Waals surface area contributed by atoms with Crippen molar-refractivity contribution in [2.24, 2.45) is 10.8 Å². The zero-order chi connectivity index (χ0) is 13.3. The van der Waals surface area contributed by atoms with E-state index < -0.39 is 24.2 Å². The molecule has 8 nitrogen and oxygen atoms in total. The van der Waals surface area contributed by atoms with Crippen LogP contribution in [-0.2, 0) is 14.2 Å². The average Bonchev–Trinajstić information content (AvgIpc) is 2.79. The molecule has 0 saturated carbocycles. The van der Waals surface area contributed by atoms with Gasteiger partial charge in [0.1, 0.15) is 24.4 Å². The van der Waals surface area contributed by atoms with E-state index in [0.717, 1.165) is 0 Å². The highest BCUT2D eigenvalue weighted by Gasteiger charge is 2.55. The lowest BCUT2D eigenvalue weighted by Gasteiger charge is -2.23. The van der Waals surface area contributed by atoms with Gasteiger partial charge in [0.15, 0.2) is 12.0 Å². The summed E-state index contributed by atoms with van der Waals surface area (Å²) in [6.45, 7) is 3.38. The van der Waals surface area contributed by atoms with Crippen LogP contribution in [0.25, 0.3) is 0 Å². The molecule has 4 N–H and O–H groups in total. The summed E-state index contributed by atoms with van der Waals surface area (Å²) in [5, 5.41) is 21.4. The van der Waals surface area contributed by atoms with E-state index in [4.69, 9.17) is 25.2 Å². The summed E-state index contributed by atoms with van der Waals surface area (Å²) < 4.78 is 16.8. The fraction of sp³-hybridized carbons (Fsp3) is 0.800. The minimum atomic E-state index is -0.739. The monoisotopic (exact) mass is 256 g/mol. The molecule has 0 amide bonds. The van der Waals surface area contributed by atoms with Crippen molar-refractivity contribution in [2.75, 3.05) is 6.61 Å². The molecule has 4 atom stereocenters. The minimum absolute atomic E-state index is 0.184. The Kier molecular flexibility index (Phi) is 3.41. The second-order valence-electron chi connectivity index (χ2n) is 4.58. The van der Waals surface area contributed by atoms with Crippen molar-refractivity contribution in [3.8, 4) is 6.07 Å². The standard InChI is InChI=1S/C10H16N4O4/c1-10(2)17-7-5(4-15)16-9(8(7)18-10)14-13-6(12)3-11/h5,7-9,14-15H,4H2,1-2H3,(H2,12,13)/t5-,7-,8-,9?/m1/s1. The van der Waals surface area contributed by atoms with Gasteiger partial charge in [-0.05, 0) is 13.8 Å². The highest BCUT2D eigenvalue weighted by molar-refractivity contribution is 5.94. The average molecular weight is 256 g/mol. The van der Waals surface area contributed by atoms with Gasteiger partial charge in [-0.3, -0.25) is 5.43 Å². The van der Waals surface area contributed by atoms with E-state index in [0.29, 0.717) is 0 Å². The van der Waals surface area contributed by atoms with Crippen molar-refractivity contribution < 1.29 is 19.3 Å². The van der Waals surface area contributed by atoms with Gasteiger partial charge in [-0.2, -0.15) is 5.26 Å². The van der Waals surface area contributed by atoms with E-state index in [9.17, 15) is 5.11 Å². The fourth-order valence-electron chi connectivity index (χ4n) is 2.09. The van der Waals surface area contributed by atoms with Crippen molar-refractivity contribution >= 4 is 5.84 Å². The van der Waals surface area contributed by atoms with Crippen LogP contribution in [0.5, 0.6) is 0 Å². The second kappa shape index (κ2) is 4.70. The van der Waals surface area contributed by atoms with Gasteiger partial charge in [-0.15, -0.1) is 5.10 Å². The van der Waals surface area contributed by atoms with Gasteiger partial charge in [0.25, 0.3) is 0 Å². The fourth-order valence-corrected chi connectivity index (χ4v) is 2.09. The number of fused-ring (bicyclic) bond motifs is 1. The van der Waals surface area contributed by atoms with Crippen molar-refractivity contribution in [2.45, 2.75) is 44.2 Å². The van der Waals surface area contributed by atoms with Gasteiger partial charge in [0.2, 0.25) is 5.84 Å². The quantitative estimate of drug-likeness (QED) is 0.323. The molecule has 2 fully saturated rings. The Morgan fingerprint density at radius 2 is 2.17 bits per heavy atom. The summed E-state index contributed by atoms with van der Waals surface area (Å²) in [6.07, 6.45) is -1.89. The Labute approximate surface area is 104 Å². The largest absolute Gasteiger partial charge is 0.394 e. The highest BCUT2D eigenvalue weighted by atomic mass is 16.8. The number of hydrogen-bond acceptors (Lipinski definition) is 7. The first-order valence-electron chi connectivity index (χ1n) is 5.57. The predicted molar refractivity (Wildman–Crippen MR) is 59.9 cm³/mol. The Bertz CT molecular complexity index is 392. The van der Waals surface area contributed by atoms with Crippen molar-refractivity contribution in [3.05, 3.63) is 0 Å². The summed E-state index contributed by atoms with van der Waals surface area (Å²) in [4.78, 5) is 0. The molecular formula is C10H16N4O4. The van der Waals surface area contributed by atoms with Crippen molar-refractivity contribution in [1.82, 2.24) is 5.43 Å². The van der Waals surface area contributed by atoms with Gasteiger partial charge >= 0.3 is 0 Å². The van der Waals surface area contributed by atoms with E-state index in [-0.39, 0.29) is 18.5 Å². The predicted octanol–water partition coefficient (Wildman–Crippen LogP) is -1.39. The molecule has 2 heterocycles. The van der Waals surface area contributed by atoms with Gasteiger partial charge in [-0.1, -0.05) is 0 Å². The molecule has 100 valence electrons. The van der Waals surface area contributed by atoms with Crippen LogP contribution in [0, 0.1) is 11.3 Å². The van der Waals surface area contributed by atoms with Gasteiger partial charge in [0.05, 0.1) is 6.61 Å². The minimum Gasteiger partial charge on any atom is -0.394 e. The molecule has 0 radical (unpaired) electrons. The second-order valence-corrected chi connectivity index (χ2v) is 4.58. The lowest BCUT2D eigenvalue weighted by atomic mass is 10.1. The SMILES string of the molecule is CC1(C)O[C@@H]2[C@@H](CO)OC(NN=C(N)C#N)[C@@H]2O1. The number of nitrogens with zero attached hydrogens (tertiary/aromatic N) is 2. The number of aliphatic hydroxyl groups is 1. The molecule has 0 aromatic carbocycles. The lowest BCUT2D eigenvalue weighted by molar-refractivity contribution is -0.193. The van der Waals surface area contributed by atoms with Crippen molar-refractivity contribution in [1.29, 1.82) is 5.26 Å². The number of hydrogen-bond donors (Lipinski definition) is 3. The summed E-state index contributed by atoms with van der Waals surface area (Å²) in [5.41, 5.74) is 7.87. The van der Waals surface area contributed by atoms with Crippen LogP contribution < -0.4 is 11.2 Å². The van der Waals surface area contributed by atoms with Gasteiger partial charge in [-0.25, -0.2) is 0 Å². The first-order chi connectivity index (χ1) is 8.46. The zero-order valence-corrected chi connectivity index (χ0v) is 10.2. The van der Waals surface area contributed by atoms with E-state index >= 15 is 0 Å². The van der Waals surface area contributed by atoms with Crippen LogP contribution in [-0.4, -0.2) is 47.9 Å². The Morgan fingerprint density at radius 3 is 2.78 bits per heavy atom. The van der Waals surface area contributed by atoms with E-state index in [1.807, 2.05) is 0 Å². The molecule has 0 bridgehead atoms. The number of aliphatic hydroxyl groups excluding tert-OH is 1. The van der Waals surface area contributed by atoms with Gasteiger partial charge < -0.3 is 25.1 Å². The third-order valence-electron chi connectivity index (χ3n) is 2.76. The zero-order valence-electron chi connectivity index (χ0n) is 10.2. The molecule has 0 aromatic heterocycles. The number of amidine groups is 1. The number of nitriles is 1.